The van der Waals surface area contributed by atoms with E-state index in [4.69, 9.17) is 27.9 Å². The Kier molecular flexibility index (Phi) is 4.06. The third-order valence-electron chi connectivity index (χ3n) is 2.51. The molecule has 1 aliphatic rings. The average Bonchev–Trinajstić information content (AvgIpc) is 2.33. The monoisotopic (exact) mass is 274 g/mol. The van der Waals surface area contributed by atoms with Gasteiger partial charge in [-0.1, -0.05) is 41.0 Å². The van der Waals surface area contributed by atoms with E-state index in [0.29, 0.717) is 10.0 Å². The molecule has 0 fully saturated rings. The summed E-state index contributed by atoms with van der Waals surface area (Å²) in [6, 6.07) is 5.68. The summed E-state index contributed by atoms with van der Waals surface area (Å²) < 4.78 is 5.84. The summed E-state index contributed by atoms with van der Waals surface area (Å²) in [4.78, 5) is 0. The van der Waals surface area contributed by atoms with Crippen molar-refractivity contribution in [2.75, 3.05) is 6.26 Å². The predicted octanol–water partition coefficient (Wildman–Crippen LogP) is 5.05. The summed E-state index contributed by atoms with van der Waals surface area (Å²) >= 11 is 13.5. The fourth-order valence-electron chi connectivity index (χ4n) is 1.68. The Morgan fingerprint density at radius 3 is 2.81 bits per heavy atom. The molecule has 16 heavy (non-hydrogen) atoms. The van der Waals surface area contributed by atoms with Crippen LogP contribution in [-0.2, 0) is 4.74 Å². The summed E-state index contributed by atoms with van der Waals surface area (Å²) in [6.07, 6.45) is 6.27. The highest BCUT2D eigenvalue weighted by molar-refractivity contribution is 8.02. The van der Waals surface area contributed by atoms with Crippen molar-refractivity contribution in [2.45, 2.75) is 18.9 Å². The third-order valence-corrected chi connectivity index (χ3v) is 3.92. The van der Waals surface area contributed by atoms with E-state index in [2.05, 4.69) is 6.08 Å². The maximum Gasteiger partial charge on any atom is 0.149 e. The average molecular weight is 275 g/mol. The van der Waals surface area contributed by atoms with Crippen molar-refractivity contribution in [3.63, 3.8) is 0 Å². The van der Waals surface area contributed by atoms with E-state index in [1.807, 2.05) is 24.5 Å². The molecule has 0 saturated heterocycles. The molecule has 0 aliphatic carbocycles. The van der Waals surface area contributed by atoms with Gasteiger partial charge in [-0.3, -0.25) is 0 Å². The zero-order valence-electron chi connectivity index (χ0n) is 8.87. The van der Waals surface area contributed by atoms with Crippen LogP contribution in [0.15, 0.2) is 29.4 Å². The molecule has 0 aromatic heterocycles. The molecule has 1 nitrogen and oxygen atoms in total. The standard InChI is InChI=1S/C12H12Cl2OS/c1-16-12-4-2-3-11(15-12)8-5-6-9(13)10(14)7-8/h4-7,11H,2-3H2,1H3. The number of halogens is 2. The molecule has 1 heterocycles. The predicted molar refractivity (Wildman–Crippen MR) is 71.1 cm³/mol. The molecule has 0 amide bonds. The fourth-order valence-corrected chi connectivity index (χ4v) is 2.48. The summed E-state index contributed by atoms with van der Waals surface area (Å²) in [7, 11) is 0. The van der Waals surface area contributed by atoms with Crippen LogP contribution in [0.5, 0.6) is 0 Å². The van der Waals surface area contributed by atoms with Crippen molar-refractivity contribution in [1.29, 1.82) is 0 Å². The number of thioether (sulfide) groups is 1. The second kappa shape index (κ2) is 5.35. The Hall–Kier alpha value is -0.310. The number of hydrogen-bond donors (Lipinski definition) is 0. The summed E-state index contributed by atoms with van der Waals surface area (Å²) in [6.45, 7) is 0. The van der Waals surface area contributed by atoms with E-state index < -0.39 is 0 Å². The van der Waals surface area contributed by atoms with E-state index in [1.54, 1.807) is 11.8 Å². The van der Waals surface area contributed by atoms with Crippen molar-refractivity contribution in [1.82, 2.24) is 0 Å². The Morgan fingerprint density at radius 2 is 2.12 bits per heavy atom. The minimum absolute atomic E-state index is 0.0993. The van der Waals surface area contributed by atoms with Gasteiger partial charge in [-0.2, -0.15) is 0 Å². The van der Waals surface area contributed by atoms with Crippen LogP contribution in [0.1, 0.15) is 24.5 Å². The number of hydrogen-bond acceptors (Lipinski definition) is 2. The second-order valence-electron chi connectivity index (χ2n) is 3.58. The van der Waals surface area contributed by atoms with Gasteiger partial charge in [0, 0.05) is 0 Å². The molecule has 0 saturated carbocycles. The fraction of sp³-hybridized carbons (Fsp3) is 0.333. The molecule has 1 atom stereocenters. The molecular formula is C12H12Cl2OS. The molecule has 0 spiro atoms. The molecule has 1 aromatic carbocycles. The molecule has 0 radical (unpaired) electrons. The highest BCUT2D eigenvalue weighted by Gasteiger charge is 2.18. The van der Waals surface area contributed by atoms with Crippen molar-refractivity contribution < 1.29 is 4.74 Å². The lowest BCUT2D eigenvalue weighted by Crippen LogP contribution is -2.07. The van der Waals surface area contributed by atoms with Crippen molar-refractivity contribution in [2.24, 2.45) is 0 Å². The summed E-state index contributed by atoms with van der Waals surface area (Å²) in [5, 5.41) is 2.16. The van der Waals surface area contributed by atoms with Gasteiger partial charge in [-0.25, -0.2) is 0 Å². The SMILES string of the molecule is CSC1=CCCC(c2ccc(Cl)c(Cl)c2)O1. The third kappa shape index (κ3) is 2.68. The van der Waals surface area contributed by atoms with Crippen LogP contribution in [0.4, 0.5) is 0 Å². The van der Waals surface area contributed by atoms with Gasteiger partial charge in [-0.05, 0) is 42.9 Å². The van der Waals surface area contributed by atoms with E-state index in [-0.39, 0.29) is 6.10 Å². The molecule has 1 aromatic rings. The smallest absolute Gasteiger partial charge is 0.149 e. The second-order valence-corrected chi connectivity index (χ2v) is 5.21. The molecule has 1 aliphatic heterocycles. The lowest BCUT2D eigenvalue weighted by Gasteiger charge is -2.24. The Balaban J connectivity index is 2.19. The zero-order valence-corrected chi connectivity index (χ0v) is 11.2. The van der Waals surface area contributed by atoms with Crippen LogP contribution >= 0.6 is 35.0 Å². The number of rotatable bonds is 2. The molecule has 0 bridgehead atoms. The lowest BCUT2D eigenvalue weighted by molar-refractivity contribution is 0.116. The summed E-state index contributed by atoms with van der Waals surface area (Å²) in [5.74, 6) is 0. The Labute approximate surface area is 110 Å². The highest BCUT2D eigenvalue weighted by Crippen LogP contribution is 2.35. The van der Waals surface area contributed by atoms with Crippen molar-refractivity contribution in [3.8, 4) is 0 Å². The van der Waals surface area contributed by atoms with Gasteiger partial charge in [-0.15, -0.1) is 0 Å². The number of benzene rings is 1. The molecule has 1 unspecified atom stereocenters. The maximum atomic E-state index is 6.00. The van der Waals surface area contributed by atoms with Crippen LogP contribution < -0.4 is 0 Å². The first-order chi connectivity index (χ1) is 7.70. The van der Waals surface area contributed by atoms with Crippen molar-refractivity contribution >= 4 is 35.0 Å². The molecule has 0 N–H and O–H groups in total. The first-order valence-corrected chi connectivity index (χ1v) is 7.04. The number of ether oxygens (including phenoxy) is 1. The van der Waals surface area contributed by atoms with Crippen molar-refractivity contribution in [3.05, 3.63) is 45.0 Å². The van der Waals surface area contributed by atoms with Gasteiger partial charge in [0.2, 0.25) is 0 Å². The molecule has 4 heteroatoms. The number of allylic oxidation sites excluding steroid dienone is 1. The first-order valence-electron chi connectivity index (χ1n) is 5.06. The largest absolute Gasteiger partial charge is 0.480 e. The van der Waals surface area contributed by atoms with Gasteiger partial charge in [0.05, 0.1) is 10.0 Å². The Morgan fingerprint density at radius 1 is 1.31 bits per heavy atom. The minimum Gasteiger partial charge on any atom is -0.480 e. The molecular weight excluding hydrogens is 263 g/mol. The van der Waals surface area contributed by atoms with Crippen LogP contribution in [0, 0.1) is 0 Å². The Bertz CT molecular complexity index is 417. The normalized spacial score (nSPS) is 20.2. The topological polar surface area (TPSA) is 9.23 Å². The molecule has 86 valence electrons. The van der Waals surface area contributed by atoms with Crippen LogP contribution in [0.2, 0.25) is 10.0 Å². The summed E-state index contributed by atoms with van der Waals surface area (Å²) in [5.41, 5.74) is 1.09. The molecule has 2 rings (SSSR count). The van der Waals surface area contributed by atoms with E-state index in [9.17, 15) is 0 Å². The highest BCUT2D eigenvalue weighted by atomic mass is 35.5. The lowest BCUT2D eigenvalue weighted by atomic mass is 10.0. The van der Waals surface area contributed by atoms with Gasteiger partial charge < -0.3 is 4.74 Å². The van der Waals surface area contributed by atoms with E-state index in [1.165, 1.54) is 0 Å². The van der Waals surface area contributed by atoms with Gasteiger partial charge >= 0.3 is 0 Å². The van der Waals surface area contributed by atoms with Crippen LogP contribution in [0.3, 0.4) is 0 Å². The quantitative estimate of drug-likeness (QED) is 0.747. The van der Waals surface area contributed by atoms with Gasteiger partial charge in [0.1, 0.15) is 11.2 Å². The van der Waals surface area contributed by atoms with Crippen LogP contribution in [0.25, 0.3) is 0 Å². The maximum absolute atomic E-state index is 6.00. The van der Waals surface area contributed by atoms with Crippen LogP contribution in [-0.4, -0.2) is 6.26 Å². The van der Waals surface area contributed by atoms with E-state index in [0.717, 1.165) is 23.5 Å². The zero-order chi connectivity index (χ0) is 11.5. The van der Waals surface area contributed by atoms with Gasteiger partial charge in [0.25, 0.3) is 0 Å². The first kappa shape index (κ1) is 12.2. The van der Waals surface area contributed by atoms with Gasteiger partial charge in [0.15, 0.2) is 0 Å². The van der Waals surface area contributed by atoms with E-state index >= 15 is 0 Å². The minimum atomic E-state index is 0.0993.